The van der Waals surface area contributed by atoms with E-state index in [9.17, 15) is 9.59 Å². The van der Waals surface area contributed by atoms with Crippen molar-refractivity contribution in [3.05, 3.63) is 64.7 Å². The van der Waals surface area contributed by atoms with E-state index in [1.807, 2.05) is 59.2 Å². The number of hydrogen-bond acceptors (Lipinski definition) is 3. The molecule has 2 amide bonds. The van der Waals surface area contributed by atoms with E-state index in [1.54, 1.807) is 6.07 Å². The lowest BCUT2D eigenvalue weighted by atomic mass is 9.90. The molecule has 2 saturated heterocycles. The van der Waals surface area contributed by atoms with Crippen LogP contribution in [0.2, 0.25) is 5.02 Å². The van der Waals surface area contributed by atoms with Crippen molar-refractivity contribution in [2.45, 2.75) is 51.6 Å². The highest BCUT2D eigenvalue weighted by Crippen LogP contribution is 2.28. The summed E-state index contributed by atoms with van der Waals surface area (Å²) in [5, 5.41) is 0.624. The zero-order chi connectivity index (χ0) is 23.2. The van der Waals surface area contributed by atoms with Crippen LogP contribution in [0.15, 0.2) is 48.5 Å². The van der Waals surface area contributed by atoms with Crippen molar-refractivity contribution < 1.29 is 14.3 Å². The molecule has 33 heavy (non-hydrogen) atoms. The van der Waals surface area contributed by atoms with Crippen LogP contribution >= 0.6 is 11.6 Å². The van der Waals surface area contributed by atoms with E-state index in [2.05, 4.69) is 0 Å². The number of hydrogen-bond donors (Lipinski definition) is 0. The topological polar surface area (TPSA) is 49.9 Å². The lowest BCUT2D eigenvalue weighted by Gasteiger charge is -2.39. The molecule has 2 aliphatic rings. The Morgan fingerprint density at radius 3 is 2.52 bits per heavy atom. The molecule has 5 nitrogen and oxygen atoms in total. The monoisotopic (exact) mass is 468 g/mol. The standard InChI is InChI=1S/C27H33ClN2O3/c1-20-8-3-4-9-21(20)16-27(32)30-15-12-25(33-24-11-7-10-23(28)18-24)22(19-30)17-26(31)29-13-5-2-6-14-29/h3-4,7-11,18,22,25H,2,5-6,12-17,19H2,1H3/t22-,25-/m0/s1. The Labute approximate surface area is 201 Å². The van der Waals surface area contributed by atoms with Crippen LogP contribution in [-0.2, 0) is 16.0 Å². The highest BCUT2D eigenvalue weighted by atomic mass is 35.5. The van der Waals surface area contributed by atoms with Gasteiger partial charge in [-0.3, -0.25) is 9.59 Å². The molecule has 0 bridgehead atoms. The molecule has 2 heterocycles. The molecule has 0 saturated carbocycles. The van der Waals surface area contributed by atoms with Crippen LogP contribution < -0.4 is 4.74 Å². The quantitative estimate of drug-likeness (QED) is 0.606. The number of benzene rings is 2. The lowest BCUT2D eigenvalue weighted by Crippen LogP contribution is -2.50. The first-order valence-corrected chi connectivity index (χ1v) is 12.4. The van der Waals surface area contributed by atoms with Crippen LogP contribution in [0.4, 0.5) is 0 Å². The van der Waals surface area contributed by atoms with E-state index in [0.29, 0.717) is 43.1 Å². The number of halogens is 1. The number of carbonyl (C=O) groups excluding carboxylic acids is 2. The Kier molecular flexibility index (Phi) is 7.92. The second-order valence-corrected chi connectivity index (χ2v) is 9.69. The Hall–Kier alpha value is -2.53. The van der Waals surface area contributed by atoms with E-state index in [4.69, 9.17) is 16.3 Å². The highest BCUT2D eigenvalue weighted by Gasteiger charge is 2.35. The zero-order valence-electron chi connectivity index (χ0n) is 19.3. The summed E-state index contributed by atoms with van der Waals surface area (Å²) >= 11 is 6.15. The first-order chi connectivity index (χ1) is 16.0. The van der Waals surface area contributed by atoms with E-state index in [0.717, 1.165) is 37.1 Å². The molecule has 2 atom stereocenters. The van der Waals surface area contributed by atoms with Gasteiger partial charge < -0.3 is 14.5 Å². The molecule has 176 valence electrons. The van der Waals surface area contributed by atoms with Crippen LogP contribution in [0.1, 0.15) is 43.2 Å². The maximum atomic E-state index is 13.1. The van der Waals surface area contributed by atoms with Crippen molar-refractivity contribution in [1.29, 1.82) is 0 Å². The van der Waals surface area contributed by atoms with Gasteiger partial charge in [0.1, 0.15) is 11.9 Å². The van der Waals surface area contributed by atoms with E-state index in [-0.39, 0.29) is 23.8 Å². The molecule has 0 aliphatic carbocycles. The van der Waals surface area contributed by atoms with Gasteiger partial charge >= 0.3 is 0 Å². The van der Waals surface area contributed by atoms with E-state index < -0.39 is 0 Å². The summed E-state index contributed by atoms with van der Waals surface area (Å²) in [6.07, 6.45) is 4.69. The predicted molar refractivity (Wildman–Crippen MR) is 130 cm³/mol. The first kappa shape index (κ1) is 23.6. The van der Waals surface area contributed by atoms with Gasteiger partial charge in [-0.1, -0.05) is 41.9 Å². The average Bonchev–Trinajstić information content (AvgIpc) is 2.82. The van der Waals surface area contributed by atoms with Crippen molar-refractivity contribution >= 4 is 23.4 Å². The largest absolute Gasteiger partial charge is 0.490 e. The summed E-state index contributed by atoms with van der Waals surface area (Å²) in [5.74, 6) is 0.948. The number of piperidine rings is 2. The lowest BCUT2D eigenvalue weighted by molar-refractivity contribution is -0.139. The van der Waals surface area contributed by atoms with E-state index >= 15 is 0 Å². The maximum Gasteiger partial charge on any atom is 0.227 e. The molecule has 0 radical (unpaired) electrons. The van der Waals surface area contributed by atoms with E-state index in [1.165, 1.54) is 6.42 Å². The molecule has 2 fully saturated rings. The number of ether oxygens (including phenoxy) is 1. The highest BCUT2D eigenvalue weighted by molar-refractivity contribution is 6.30. The summed E-state index contributed by atoms with van der Waals surface area (Å²) in [7, 11) is 0. The maximum absolute atomic E-state index is 13.1. The fraction of sp³-hybridized carbons (Fsp3) is 0.481. The summed E-state index contributed by atoms with van der Waals surface area (Å²) in [4.78, 5) is 30.1. The van der Waals surface area contributed by atoms with Gasteiger partial charge in [-0.2, -0.15) is 0 Å². The third-order valence-corrected chi connectivity index (χ3v) is 7.08. The van der Waals surface area contributed by atoms with Gasteiger partial charge in [-0.25, -0.2) is 0 Å². The molecule has 0 aromatic heterocycles. The van der Waals surface area contributed by atoms with Gasteiger partial charge in [0.05, 0.1) is 6.42 Å². The van der Waals surface area contributed by atoms with Gasteiger partial charge in [0, 0.05) is 50.0 Å². The number of likely N-dealkylation sites (tertiary alicyclic amines) is 2. The molecular formula is C27H33ClN2O3. The third kappa shape index (κ3) is 6.29. The molecule has 4 rings (SSSR count). The van der Waals surface area contributed by atoms with Crippen LogP contribution in [0.3, 0.4) is 0 Å². The number of aryl methyl sites for hydroxylation is 1. The van der Waals surface area contributed by atoms with Gasteiger partial charge in [-0.05, 0) is 55.5 Å². The molecule has 0 spiro atoms. The normalized spacial score (nSPS) is 21.0. The first-order valence-electron chi connectivity index (χ1n) is 12.0. The number of amides is 2. The van der Waals surface area contributed by atoms with Crippen molar-refractivity contribution in [3.8, 4) is 5.75 Å². The van der Waals surface area contributed by atoms with Gasteiger partial charge in [-0.15, -0.1) is 0 Å². The second kappa shape index (κ2) is 11.1. The van der Waals surface area contributed by atoms with Crippen molar-refractivity contribution in [3.63, 3.8) is 0 Å². The zero-order valence-corrected chi connectivity index (χ0v) is 20.1. The SMILES string of the molecule is Cc1ccccc1CC(=O)N1CC[C@H](Oc2cccc(Cl)c2)[C@@H](CC(=O)N2CCCCC2)C1. The summed E-state index contributed by atoms with van der Waals surface area (Å²) in [6.45, 7) is 4.87. The summed E-state index contributed by atoms with van der Waals surface area (Å²) in [6, 6.07) is 15.4. The number of nitrogens with zero attached hydrogens (tertiary/aromatic N) is 2. The van der Waals surface area contributed by atoms with Gasteiger partial charge in [0.15, 0.2) is 0 Å². The van der Waals surface area contributed by atoms with Crippen LogP contribution in [0.25, 0.3) is 0 Å². The molecule has 0 unspecified atom stereocenters. The van der Waals surface area contributed by atoms with Crippen LogP contribution in [0, 0.1) is 12.8 Å². The Morgan fingerprint density at radius 1 is 0.970 bits per heavy atom. The van der Waals surface area contributed by atoms with Gasteiger partial charge in [0.25, 0.3) is 0 Å². The Morgan fingerprint density at radius 2 is 1.76 bits per heavy atom. The van der Waals surface area contributed by atoms with Crippen LogP contribution in [-0.4, -0.2) is 53.9 Å². The molecule has 0 N–H and O–H groups in total. The predicted octanol–water partition coefficient (Wildman–Crippen LogP) is 4.89. The van der Waals surface area contributed by atoms with Crippen molar-refractivity contribution in [1.82, 2.24) is 9.80 Å². The fourth-order valence-electron chi connectivity index (χ4n) is 4.88. The molecule has 2 aliphatic heterocycles. The fourth-order valence-corrected chi connectivity index (χ4v) is 5.06. The average molecular weight is 469 g/mol. The van der Waals surface area contributed by atoms with Crippen molar-refractivity contribution in [2.75, 3.05) is 26.2 Å². The number of rotatable bonds is 6. The van der Waals surface area contributed by atoms with Crippen LogP contribution in [0.5, 0.6) is 5.75 Å². The minimum atomic E-state index is -0.125. The number of carbonyl (C=O) groups is 2. The van der Waals surface area contributed by atoms with Crippen molar-refractivity contribution in [2.24, 2.45) is 5.92 Å². The molecular weight excluding hydrogens is 436 g/mol. The third-order valence-electron chi connectivity index (χ3n) is 6.85. The minimum absolute atomic E-state index is 0.0482. The molecule has 6 heteroatoms. The molecule has 2 aromatic carbocycles. The minimum Gasteiger partial charge on any atom is -0.490 e. The summed E-state index contributed by atoms with van der Waals surface area (Å²) in [5.41, 5.74) is 2.18. The smallest absolute Gasteiger partial charge is 0.227 e. The molecule has 2 aromatic rings. The summed E-state index contributed by atoms with van der Waals surface area (Å²) < 4.78 is 6.31. The Bertz CT molecular complexity index is 973. The second-order valence-electron chi connectivity index (χ2n) is 9.25. The Balaban J connectivity index is 1.46. The van der Waals surface area contributed by atoms with Gasteiger partial charge in [0.2, 0.25) is 11.8 Å².